The first-order chi connectivity index (χ1) is 8.67. The third-order valence-electron chi connectivity index (χ3n) is 2.11. The first kappa shape index (κ1) is 13.9. The highest BCUT2D eigenvalue weighted by Gasteiger charge is 2.19. The van der Waals surface area contributed by atoms with Gasteiger partial charge in [-0.05, 0) is 5.56 Å². The van der Waals surface area contributed by atoms with E-state index in [1.165, 1.54) is 5.48 Å². The van der Waals surface area contributed by atoms with Crippen molar-refractivity contribution in [2.45, 2.75) is 12.6 Å². The molecule has 0 saturated heterocycles. The van der Waals surface area contributed by atoms with Crippen LogP contribution in [0, 0.1) is 0 Å². The second-order valence-corrected chi connectivity index (χ2v) is 3.42. The lowest BCUT2D eigenvalue weighted by atomic mass is 10.2. The summed E-state index contributed by atoms with van der Waals surface area (Å²) in [6, 6.07) is 7.72. The van der Waals surface area contributed by atoms with Gasteiger partial charge in [-0.15, -0.1) is 0 Å². The normalized spacial score (nSPS) is 11.4. The molecule has 18 heavy (non-hydrogen) atoms. The number of amides is 2. The molecule has 1 atom stereocenters. The Balaban J connectivity index is 2.39. The fourth-order valence-corrected chi connectivity index (χ4v) is 1.18. The molecule has 1 aromatic carbocycles. The topological polar surface area (TPSA) is 108 Å². The Hall–Kier alpha value is -2.12. The summed E-state index contributed by atoms with van der Waals surface area (Å²) in [6.07, 6.45) is -0.860. The third kappa shape index (κ3) is 4.40. The van der Waals surface area contributed by atoms with E-state index in [1.54, 1.807) is 24.3 Å². The van der Waals surface area contributed by atoms with Gasteiger partial charge in [0.25, 0.3) is 5.91 Å². The number of ether oxygens (including phenoxy) is 1. The van der Waals surface area contributed by atoms with Crippen LogP contribution in [0.25, 0.3) is 0 Å². The summed E-state index contributed by atoms with van der Waals surface area (Å²) >= 11 is 0. The van der Waals surface area contributed by atoms with Crippen molar-refractivity contribution in [2.24, 2.45) is 0 Å². The van der Waals surface area contributed by atoms with E-state index >= 15 is 0 Å². The van der Waals surface area contributed by atoms with Gasteiger partial charge >= 0.3 is 6.09 Å². The number of hydrogen-bond acceptors (Lipinski definition) is 5. The molecule has 98 valence electrons. The molecule has 0 spiro atoms. The minimum atomic E-state index is -1.25. The lowest BCUT2D eigenvalue weighted by molar-refractivity contribution is -0.132. The summed E-state index contributed by atoms with van der Waals surface area (Å²) in [4.78, 5) is 22.3. The van der Waals surface area contributed by atoms with Gasteiger partial charge in [-0.1, -0.05) is 30.3 Å². The monoisotopic (exact) mass is 254 g/mol. The van der Waals surface area contributed by atoms with Gasteiger partial charge in [0.05, 0.1) is 6.61 Å². The van der Waals surface area contributed by atoms with Gasteiger partial charge in [-0.3, -0.25) is 10.0 Å². The van der Waals surface area contributed by atoms with Crippen LogP contribution >= 0.6 is 0 Å². The molecule has 0 bridgehead atoms. The van der Waals surface area contributed by atoms with Crippen LogP contribution in [-0.2, 0) is 16.1 Å². The second-order valence-electron chi connectivity index (χ2n) is 3.42. The zero-order valence-electron chi connectivity index (χ0n) is 9.50. The van der Waals surface area contributed by atoms with Crippen LogP contribution in [0.15, 0.2) is 30.3 Å². The zero-order chi connectivity index (χ0) is 13.4. The highest BCUT2D eigenvalue weighted by atomic mass is 16.5. The van der Waals surface area contributed by atoms with Crippen molar-refractivity contribution in [3.05, 3.63) is 35.9 Å². The van der Waals surface area contributed by atoms with Crippen molar-refractivity contribution in [1.82, 2.24) is 10.8 Å². The SMILES string of the molecule is O=C(N[C@@H](CO)C(=O)NO)OCc1ccccc1. The average Bonchev–Trinajstić information content (AvgIpc) is 2.42. The molecule has 1 aromatic rings. The van der Waals surface area contributed by atoms with E-state index in [1.807, 2.05) is 6.07 Å². The molecule has 7 nitrogen and oxygen atoms in total. The molecule has 7 heteroatoms. The van der Waals surface area contributed by atoms with E-state index in [4.69, 9.17) is 15.1 Å². The molecule has 0 aromatic heterocycles. The number of alkyl carbamates (subject to hydrolysis) is 1. The highest BCUT2D eigenvalue weighted by Crippen LogP contribution is 2.00. The number of carbonyl (C=O) groups is 2. The Morgan fingerprint density at radius 3 is 2.50 bits per heavy atom. The van der Waals surface area contributed by atoms with Crippen molar-refractivity contribution >= 4 is 12.0 Å². The number of benzene rings is 1. The molecule has 2 amide bonds. The number of rotatable bonds is 5. The standard InChI is InChI=1S/C11H14N2O5/c14-6-9(10(15)13-17)12-11(16)18-7-8-4-2-1-3-5-8/h1-5,9,14,17H,6-7H2,(H,12,16)(H,13,15)/t9-/m0/s1. The number of hydroxylamine groups is 1. The Kier molecular flexibility index (Phi) is 5.62. The fraction of sp³-hybridized carbons (Fsp3) is 0.273. The maximum absolute atomic E-state index is 11.3. The first-order valence-corrected chi connectivity index (χ1v) is 5.19. The van der Waals surface area contributed by atoms with Crippen molar-refractivity contribution in [1.29, 1.82) is 0 Å². The molecule has 0 radical (unpaired) electrons. The minimum Gasteiger partial charge on any atom is -0.445 e. The summed E-state index contributed by atoms with van der Waals surface area (Å²) in [7, 11) is 0. The van der Waals surface area contributed by atoms with Gasteiger partial charge in [-0.2, -0.15) is 0 Å². The molecule has 0 saturated carbocycles. The summed E-state index contributed by atoms with van der Waals surface area (Å²) in [5, 5.41) is 19.3. The molecule has 4 N–H and O–H groups in total. The van der Waals surface area contributed by atoms with E-state index in [-0.39, 0.29) is 6.61 Å². The van der Waals surface area contributed by atoms with Gasteiger partial charge in [0.2, 0.25) is 0 Å². The number of aliphatic hydroxyl groups is 1. The molecule has 0 aliphatic carbocycles. The van der Waals surface area contributed by atoms with Gasteiger partial charge < -0.3 is 15.2 Å². The Bertz CT molecular complexity index is 396. The molecular weight excluding hydrogens is 240 g/mol. The summed E-state index contributed by atoms with van der Waals surface area (Å²) in [6.45, 7) is -0.599. The molecule has 0 aliphatic rings. The van der Waals surface area contributed by atoms with Gasteiger partial charge in [0, 0.05) is 0 Å². The molecular formula is C11H14N2O5. The van der Waals surface area contributed by atoms with Crippen LogP contribution in [-0.4, -0.2) is 35.0 Å². The highest BCUT2D eigenvalue weighted by molar-refractivity contribution is 5.84. The van der Waals surface area contributed by atoms with Crippen molar-refractivity contribution in [3.8, 4) is 0 Å². The molecule has 0 aliphatic heterocycles. The smallest absolute Gasteiger partial charge is 0.408 e. The number of nitrogens with one attached hydrogen (secondary N) is 2. The van der Waals surface area contributed by atoms with Crippen LogP contribution in [0.5, 0.6) is 0 Å². The first-order valence-electron chi connectivity index (χ1n) is 5.19. The number of carbonyl (C=O) groups excluding carboxylic acids is 2. The molecule has 1 rings (SSSR count). The second kappa shape index (κ2) is 7.25. The summed E-state index contributed by atoms with van der Waals surface area (Å²) in [5.74, 6) is -0.922. The molecule has 0 heterocycles. The molecule has 0 unspecified atom stereocenters. The predicted octanol–water partition coefficient (Wildman–Crippen LogP) is -0.221. The van der Waals surface area contributed by atoms with Gasteiger partial charge in [-0.25, -0.2) is 10.3 Å². The van der Waals surface area contributed by atoms with Crippen molar-refractivity contribution in [3.63, 3.8) is 0 Å². The maximum Gasteiger partial charge on any atom is 0.408 e. The lowest BCUT2D eigenvalue weighted by Gasteiger charge is -2.13. The van der Waals surface area contributed by atoms with E-state index in [2.05, 4.69) is 5.32 Å². The minimum absolute atomic E-state index is 0.0472. The Labute approximate surface area is 103 Å². The lowest BCUT2D eigenvalue weighted by Crippen LogP contribution is -2.48. The van der Waals surface area contributed by atoms with Gasteiger partial charge in [0.15, 0.2) is 0 Å². The number of hydrogen-bond donors (Lipinski definition) is 4. The van der Waals surface area contributed by atoms with E-state index in [9.17, 15) is 9.59 Å². The van der Waals surface area contributed by atoms with Gasteiger partial charge in [0.1, 0.15) is 12.6 Å². The van der Waals surface area contributed by atoms with Crippen LogP contribution < -0.4 is 10.8 Å². The Morgan fingerprint density at radius 1 is 1.28 bits per heavy atom. The van der Waals surface area contributed by atoms with E-state index in [0.717, 1.165) is 5.56 Å². The van der Waals surface area contributed by atoms with Crippen molar-refractivity contribution in [2.75, 3.05) is 6.61 Å². The Morgan fingerprint density at radius 2 is 1.94 bits per heavy atom. The predicted molar refractivity (Wildman–Crippen MR) is 60.6 cm³/mol. The van der Waals surface area contributed by atoms with Crippen molar-refractivity contribution < 1.29 is 24.6 Å². The van der Waals surface area contributed by atoms with Crippen LogP contribution in [0.3, 0.4) is 0 Å². The van der Waals surface area contributed by atoms with Crippen LogP contribution in [0.4, 0.5) is 4.79 Å². The van der Waals surface area contributed by atoms with E-state index in [0.29, 0.717) is 0 Å². The third-order valence-corrected chi connectivity index (χ3v) is 2.11. The quantitative estimate of drug-likeness (QED) is 0.429. The fourth-order valence-electron chi connectivity index (χ4n) is 1.18. The summed E-state index contributed by atoms with van der Waals surface area (Å²) in [5.41, 5.74) is 2.12. The maximum atomic E-state index is 11.3. The zero-order valence-corrected chi connectivity index (χ0v) is 9.50. The molecule has 0 fully saturated rings. The van der Waals surface area contributed by atoms with E-state index < -0.39 is 24.6 Å². The van der Waals surface area contributed by atoms with Crippen LogP contribution in [0.2, 0.25) is 0 Å². The van der Waals surface area contributed by atoms with Crippen LogP contribution in [0.1, 0.15) is 5.56 Å². The number of aliphatic hydroxyl groups excluding tert-OH is 1. The largest absolute Gasteiger partial charge is 0.445 e. The summed E-state index contributed by atoms with van der Waals surface area (Å²) < 4.78 is 4.83. The average molecular weight is 254 g/mol.